The van der Waals surface area contributed by atoms with Gasteiger partial charge in [-0.3, -0.25) is 4.90 Å². The molecule has 0 unspecified atom stereocenters. The largest absolute Gasteiger partial charge is 0.380 e. The maximum Gasteiger partial charge on any atom is 0.117 e. The van der Waals surface area contributed by atoms with Crippen LogP contribution in [0.5, 0.6) is 0 Å². The van der Waals surface area contributed by atoms with Crippen LogP contribution in [0, 0.1) is 5.92 Å². The van der Waals surface area contributed by atoms with Gasteiger partial charge in [0.1, 0.15) is 5.60 Å². The number of hydrogen-bond acceptors (Lipinski definition) is 2. The summed E-state index contributed by atoms with van der Waals surface area (Å²) < 4.78 is 0. The molecule has 1 N–H and O–H groups in total. The predicted molar refractivity (Wildman–Crippen MR) is 143 cm³/mol. The van der Waals surface area contributed by atoms with Crippen LogP contribution in [0.15, 0.2) is 84.9 Å². The first-order chi connectivity index (χ1) is 16.1. The summed E-state index contributed by atoms with van der Waals surface area (Å²) >= 11 is 0. The van der Waals surface area contributed by atoms with Gasteiger partial charge in [-0.25, -0.2) is 0 Å². The molecule has 180 valence electrons. The average molecular weight is 456 g/mol. The second-order valence-corrected chi connectivity index (χ2v) is 11.7. The summed E-state index contributed by atoms with van der Waals surface area (Å²) in [6.07, 6.45) is 2.99. The van der Waals surface area contributed by atoms with Gasteiger partial charge in [0.05, 0.1) is 0 Å². The minimum Gasteiger partial charge on any atom is -0.380 e. The molecule has 3 aromatic rings. The van der Waals surface area contributed by atoms with Gasteiger partial charge in [0.25, 0.3) is 0 Å². The van der Waals surface area contributed by atoms with Crippen LogP contribution in [0.4, 0.5) is 0 Å². The van der Waals surface area contributed by atoms with Gasteiger partial charge in [-0.2, -0.15) is 0 Å². The zero-order valence-corrected chi connectivity index (χ0v) is 21.6. The fourth-order valence-electron chi connectivity index (χ4n) is 5.66. The molecule has 1 heterocycles. The quantitative estimate of drug-likeness (QED) is 0.434. The molecule has 0 bridgehead atoms. The van der Waals surface area contributed by atoms with E-state index in [0.29, 0.717) is 0 Å². The van der Waals surface area contributed by atoms with E-state index >= 15 is 0 Å². The predicted octanol–water partition coefficient (Wildman–Crippen LogP) is 6.95. The smallest absolute Gasteiger partial charge is 0.117 e. The zero-order chi connectivity index (χ0) is 24.4. The normalized spacial score (nSPS) is 16.5. The van der Waals surface area contributed by atoms with Crippen LogP contribution in [0.1, 0.15) is 69.7 Å². The Kier molecular flexibility index (Phi) is 7.03. The lowest BCUT2D eigenvalue weighted by molar-refractivity contribution is -0.0304. The van der Waals surface area contributed by atoms with E-state index in [-0.39, 0.29) is 16.9 Å². The van der Waals surface area contributed by atoms with Crippen molar-refractivity contribution >= 4 is 0 Å². The Hall–Kier alpha value is -2.42. The highest BCUT2D eigenvalue weighted by Gasteiger charge is 2.43. The number of aliphatic hydroxyl groups is 1. The van der Waals surface area contributed by atoms with Crippen molar-refractivity contribution < 1.29 is 5.11 Å². The molecule has 0 aromatic heterocycles. The molecule has 0 amide bonds. The second kappa shape index (κ2) is 9.68. The first kappa shape index (κ1) is 24.7. The third-order valence-electron chi connectivity index (χ3n) is 7.83. The van der Waals surface area contributed by atoms with Crippen LogP contribution in [0.25, 0.3) is 0 Å². The maximum atomic E-state index is 12.2. The molecule has 2 nitrogen and oxygen atoms in total. The van der Waals surface area contributed by atoms with Crippen molar-refractivity contribution in [1.82, 2.24) is 4.90 Å². The second-order valence-electron chi connectivity index (χ2n) is 11.7. The van der Waals surface area contributed by atoms with Gasteiger partial charge in [-0.05, 0) is 79.8 Å². The van der Waals surface area contributed by atoms with Gasteiger partial charge in [0.15, 0.2) is 0 Å². The Morgan fingerprint density at radius 3 is 1.59 bits per heavy atom. The first-order valence-corrected chi connectivity index (χ1v) is 12.8. The third kappa shape index (κ3) is 5.14. The monoisotopic (exact) mass is 455 g/mol. The Bertz CT molecular complexity index is 1000. The highest BCUT2D eigenvalue weighted by atomic mass is 16.3. The minimum absolute atomic E-state index is 0.0752. The molecular formula is C32H41NO. The molecular weight excluding hydrogens is 414 g/mol. The molecule has 0 atom stereocenters. The molecule has 0 spiro atoms. The molecule has 34 heavy (non-hydrogen) atoms. The van der Waals surface area contributed by atoms with E-state index in [0.717, 1.165) is 43.5 Å². The van der Waals surface area contributed by atoms with Crippen LogP contribution < -0.4 is 0 Å². The number of piperidine rings is 1. The maximum absolute atomic E-state index is 12.2. The summed E-state index contributed by atoms with van der Waals surface area (Å²) in [7, 11) is 0. The molecule has 1 aliphatic rings. The Morgan fingerprint density at radius 2 is 1.15 bits per heavy atom. The number of likely N-dealkylation sites (tertiary alicyclic amines) is 1. The van der Waals surface area contributed by atoms with E-state index < -0.39 is 5.60 Å². The fraction of sp³-hybridized carbons (Fsp3) is 0.438. The van der Waals surface area contributed by atoms with Crippen molar-refractivity contribution in [1.29, 1.82) is 0 Å². The highest BCUT2D eigenvalue weighted by molar-refractivity contribution is 5.37. The minimum atomic E-state index is -0.957. The van der Waals surface area contributed by atoms with Gasteiger partial charge < -0.3 is 5.11 Å². The first-order valence-electron chi connectivity index (χ1n) is 12.8. The number of nitrogens with zero attached hydrogens (tertiary/aromatic N) is 1. The summed E-state index contributed by atoms with van der Waals surface area (Å²) in [4.78, 5) is 2.62. The topological polar surface area (TPSA) is 23.5 Å². The fourth-order valence-corrected chi connectivity index (χ4v) is 5.66. The van der Waals surface area contributed by atoms with Crippen molar-refractivity contribution in [3.8, 4) is 0 Å². The Balaban J connectivity index is 1.49. The van der Waals surface area contributed by atoms with Crippen molar-refractivity contribution in [3.05, 3.63) is 107 Å². The lowest BCUT2D eigenvalue weighted by atomic mass is 9.71. The Labute approximate surface area is 206 Å². The van der Waals surface area contributed by atoms with E-state index in [9.17, 15) is 5.11 Å². The lowest BCUT2D eigenvalue weighted by Crippen LogP contribution is -2.52. The zero-order valence-electron chi connectivity index (χ0n) is 21.6. The molecule has 2 heteroatoms. The van der Waals surface area contributed by atoms with Crippen molar-refractivity contribution in [3.63, 3.8) is 0 Å². The van der Waals surface area contributed by atoms with Gasteiger partial charge >= 0.3 is 0 Å². The van der Waals surface area contributed by atoms with Gasteiger partial charge in [-0.1, -0.05) is 106 Å². The molecule has 3 aromatic carbocycles. The summed E-state index contributed by atoms with van der Waals surface area (Å²) in [5, 5.41) is 12.2. The summed E-state index contributed by atoms with van der Waals surface area (Å²) in [5.41, 5.74) is 4.08. The van der Waals surface area contributed by atoms with E-state index in [1.54, 1.807) is 0 Å². The van der Waals surface area contributed by atoms with Crippen LogP contribution in [-0.2, 0) is 17.4 Å². The van der Waals surface area contributed by atoms with E-state index in [2.05, 4.69) is 88.0 Å². The molecule has 1 aliphatic heterocycles. The molecule has 1 saturated heterocycles. The average Bonchev–Trinajstić information content (AvgIpc) is 2.84. The number of hydrogen-bond donors (Lipinski definition) is 1. The van der Waals surface area contributed by atoms with Crippen molar-refractivity contribution in [2.75, 3.05) is 13.1 Å². The SMILES string of the molecule is CC(C)(C)c1ccc(CC(C)(C)N2CCC(C(O)(c3ccccc3)c3ccccc3)CC2)cc1. The summed E-state index contributed by atoms with van der Waals surface area (Å²) in [5.74, 6) is 0.190. The molecule has 0 saturated carbocycles. The van der Waals surface area contributed by atoms with E-state index in [4.69, 9.17) is 0 Å². The summed E-state index contributed by atoms with van der Waals surface area (Å²) in [6, 6.07) is 29.7. The number of benzene rings is 3. The third-order valence-corrected chi connectivity index (χ3v) is 7.83. The molecule has 1 fully saturated rings. The van der Waals surface area contributed by atoms with Crippen LogP contribution in [0.2, 0.25) is 0 Å². The van der Waals surface area contributed by atoms with Crippen LogP contribution in [-0.4, -0.2) is 28.6 Å². The Morgan fingerprint density at radius 1 is 0.676 bits per heavy atom. The van der Waals surface area contributed by atoms with Gasteiger partial charge in [-0.15, -0.1) is 0 Å². The highest BCUT2D eigenvalue weighted by Crippen LogP contribution is 2.43. The van der Waals surface area contributed by atoms with Crippen LogP contribution in [0.3, 0.4) is 0 Å². The van der Waals surface area contributed by atoms with E-state index in [1.165, 1.54) is 11.1 Å². The van der Waals surface area contributed by atoms with Crippen molar-refractivity contribution in [2.45, 2.75) is 70.4 Å². The van der Waals surface area contributed by atoms with E-state index in [1.807, 2.05) is 36.4 Å². The number of rotatable bonds is 6. The standard InChI is InChI=1S/C32H41NO/c1-30(2,3)26-18-16-25(17-19-26)24-31(4,5)33-22-20-29(21-23-33)32(34,27-12-8-6-9-13-27)28-14-10-7-11-15-28/h6-19,29,34H,20-24H2,1-5H3. The van der Waals surface area contributed by atoms with Gasteiger partial charge in [0.2, 0.25) is 0 Å². The molecule has 4 rings (SSSR count). The molecule has 0 aliphatic carbocycles. The lowest BCUT2D eigenvalue weighted by Gasteiger charge is -2.47. The van der Waals surface area contributed by atoms with Crippen LogP contribution >= 0.6 is 0 Å². The van der Waals surface area contributed by atoms with Gasteiger partial charge in [0, 0.05) is 5.54 Å². The molecule has 0 radical (unpaired) electrons. The summed E-state index contributed by atoms with van der Waals surface area (Å²) in [6.45, 7) is 13.5. The van der Waals surface area contributed by atoms with Crippen molar-refractivity contribution in [2.24, 2.45) is 5.92 Å².